The monoisotopic (exact) mass is 272 g/mol. The summed E-state index contributed by atoms with van der Waals surface area (Å²) in [5.41, 5.74) is 5.57. The summed E-state index contributed by atoms with van der Waals surface area (Å²) in [4.78, 5) is -0.325. The minimum Gasteiger partial charge on any atom is -0.463 e. The number of furan rings is 1. The molecule has 3 rings (SSSR count). The predicted octanol–water partition coefficient (Wildman–Crippen LogP) is 3.77. The van der Waals surface area contributed by atoms with Crippen LogP contribution < -0.4 is 5.43 Å². The van der Waals surface area contributed by atoms with Crippen molar-refractivity contribution in [3.05, 3.63) is 59.0 Å². The van der Waals surface area contributed by atoms with E-state index in [-0.39, 0.29) is 4.87 Å². The first-order chi connectivity index (χ1) is 9.07. The molecule has 98 valence electrons. The largest absolute Gasteiger partial charge is 0.463 e. The van der Waals surface area contributed by atoms with Crippen LogP contribution in [0.15, 0.2) is 45.9 Å². The second-order valence-electron chi connectivity index (χ2n) is 4.94. The number of nitrogens with zero attached hydrogens (tertiary/aromatic N) is 1. The van der Waals surface area contributed by atoms with Gasteiger partial charge >= 0.3 is 0 Å². The van der Waals surface area contributed by atoms with Gasteiger partial charge in [0.15, 0.2) is 4.87 Å². The van der Waals surface area contributed by atoms with E-state index in [2.05, 4.69) is 48.6 Å². The number of hydrazone groups is 1. The maximum absolute atomic E-state index is 5.72. The summed E-state index contributed by atoms with van der Waals surface area (Å²) in [5.74, 6) is 1.82. The maximum Gasteiger partial charge on any atom is 0.160 e. The molecule has 2 aromatic rings. The average Bonchev–Trinajstić information content (AvgIpc) is 2.98. The van der Waals surface area contributed by atoms with Crippen LogP contribution in [0.4, 0.5) is 0 Å². The van der Waals surface area contributed by atoms with Gasteiger partial charge in [-0.2, -0.15) is 5.10 Å². The molecular weight excluding hydrogens is 256 g/mol. The highest BCUT2D eigenvalue weighted by molar-refractivity contribution is 8.15. The van der Waals surface area contributed by atoms with Crippen molar-refractivity contribution in [2.45, 2.75) is 25.6 Å². The van der Waals surface area contributed by atoms with E-state index in [1.165, 1.54) is 5.56 Å². The van der Waals surface area contributed by atoms with Gasteiger partial charge in [0.05, 0.1) is 0 Å². The maximum atomic E-state index is 5.72. The lowest BCUT2D eigenvalue weighted by atomic mass is 10.2. The molecule has 0 saturated carbocycles. The number of thioether (sulfide) groups is 1. The Labute approximate surface area is 117 Å². The Kier molecular flexibility index (Phi) is 2.90. The van der Waals surface area contributed by atoms with E-state index < -0.39 is 0 Å². The molecule has 0 radical (unpaired) electrons. The molecule has 0 bridgehead atoms. The Hall–Kier alpha value is -1.68. The molecule has 0 unspecified atom stereocenters. The molecule has 1 aliphatic rings. The molecule has 19 heavy (non-hydrogen) atoms. The Morgan fingerprint density at radius 2 is 1.84 bits per heavy atom. The molecular formula is C15H16N2OS. The zero-order valence-electron chi connectivity index (χ0n) is 11.2. The Morgan fingerprint density at radius 3 is 2.47 bits per heavy atom. The number of benzene rings is 1. The average molecular weight is 272 g/mol. The predicted molar refractivity (Wildman–Crippen MR) is 79.2 cm³/mol. The standard InChI is InChI=1S/C15H16N2OS/c1-10-4-7-12(8-5-10)14-16-17-15(3,19-14)13-9-6-11(2)18-13/h4-9,17H,1-3H3/t15-/m0/s1. The lowest BCUT2D eigenvalue weighted by Crippen LogP contribution is -2.28. The number of nitrogens with one attached hydrogen (secondary N) is 1. The van der Waals surface area contributed by atoms with Crippen molar-refractivity contribution in [3.8, 4) is 0 Å². The molecule has 0 fully saturated rings. The van der Waals surface area contributed by atoms with Gasteiger partial charge in [0.2, 0.25) is 0 Å². The number of hydrogen-bond donors (Lipinski definition) is 1. The van der Waals surface area contributed by atoms with Crippen LogP contribution in [0.3, 0.4) is 0 Å². The van der Waals surface area contributed by atoms with Crippen LogP contribution in [0.5, 0.6) is 0 Å². The Bertz CT molecular complexity index is 630. The van der Waals surface area contributed by atoms with Crippen LogP contribution in [0.2, 0.25) is 0 Å². The van der Waals surface area contributed by atoms with E-state index >= 15 is 0 Å². The van der Waals surface area contributed by atoms with Crippen molar-refractivity contribution in [3.63, 3.8) is 0 Å². The van der Waals surface area contributed by atoms with Crippen molar-refractivity contribution in [1.29, 1.82) is 0 Å². The molecule has 1 N–H and O–H groups in total. The molecule has 2 heterocycles. The van der Waals surface area contributed by atoms with Gasteiger partial charge in [-0.15, -0.1) is 0 Å². The van der Waals surface area contributed by atoms with E-state index in [0.717, 1.165) is 22.1 Å². The molecule has 0 amide bonds. The van der Waals surface area contributed by atoms with Crippen molar-refractivity contribution in [1.82, 2.24) is 5.43 Å². The fourth-order valence-electron chi connectivity index (χ4n) is 2.01. The molecule has 1 aromatic heterocycles. The van der Waals surface area contributed by atoms with E-state index in [1.54, 1.807) is 11.8 Å². The first-order valence-electron chi connectivity index (χ1n) is 6.25. The fraction of sp³-hybridized carbons (Fsp3) is 0.267. The van der Waals surface area contributed by atoms with Gasteiger partial charge in [0.25, 0.3) is 0 Å². The summed E-state index contributed by atoms with van der Waals surface area (Å²) in [6, 6.07) is 12.4. The van der Waals surface area contributed by atoms with Crippen LogP contribution in [0, 0.1) is 13.8 Å². The molecule has 0 spiro atoms. The minimum absolute atomic E-state index is 0.325. The number of aryl methyl sites for hydroxylation is 2. The van der Waals surface area contributed by atoms with E-state index in [4.69, 9.17) is 4.42 Å². The van der Waals surface area contributed by atoms with Gasteiger partial charge in [-0.25, -0.2) is 0 Å². The molecule has 1 atom stereocenters. The molecule has 3 nitrogen and oxygen atoms in total. The van der Waals surface area contributed by atoms with E-state index in [1.807, 2.05) is 19.1 Å². The van der Waals surface area contributed by atoms with Gasteiger partial charge in [0, 0.05) is 5.56 Å². The van der Waals surface area contributed by atoms with Crippen molar-refractivity contribution < 1.29 is 4.42 Å². The summed E-state index contributed by atoms with van der Waals surface area (Å²) < 4.78 is 5.72. The van der Waals surface area contributed by atoms with E-state index in [0.29, 0.717) is 0 Å². The van der Waals surface area contributed by atoms with Crippen molar-refractivity contribution in [2.24, 2.45) is 5.10 Å². The Morgan fingerprint density at radius 1 is 1.11 bits per heavy atom. The number of hydrogen-bond acceptors (Lipinski definition) is 4. The molecule has 0 aliphatic carbocycles. The van der Waals surface area contributed by atoms with Gasteiger partial charge in [-0.3, -0.25) is 5.43 Å². The summed E-state index contributed by atoms with van der Waals surface area (Å²) >= 11 is 1.68. The highest BCUT2D eigenvalue weighted by Crippen LogP contribution is 2.40. The highest BCUT2D eigenvalue weighted by atomic mass is 32.2. The second kappa shape index (κ2) is 4.46. The van der Waals surface area contributed by atoms with E-state index in [9.17, 15) is 0 Å². The molecule has 0 saturated heterocycles. The highest BCUT2D eigenvalue weighted by Gasteiger charge is 2.37. The van der Waals surface area contributed by atoms with Crippen LogP contribution in [-0.4, -0.2) is 5.04 Å². The van der Waals surface area contributed by atoms with Crippen molar-refractivity contribution in [2.75, 3.05) is 0 Å². The lowest BCUT2D eigenvalue weighted by Gasteiger charge is -2.19. The normalized spacial score (nSPS) is 22.2. The van der Waals surface area contributed by atoms with Crippen LogP contribution in [0.25, 0.3) is 0 Å². The van der Waals surface area contributed by atoms with Crippen LogP contribution in [-0.2, 0) is 4.87 Å². The molecule has 1 aromatic carbocycles. The SMILES string of the molecule is Cc1ccc(C2=NN[C@](C)(c3ccc(C)o3)S2)cc1. The summed E-state index contributed by atoms with van der Waals surface area (Å²) in [6.45, 7) is 6.12. The van der Waals surface area contributed by atoms with Gasteiger partial charge < -0.3 is 4.42 Å². The summed E-state index contributed by atoms with van der Waals surface area (Å²) in [7, 11) is 0. The zero-order valence-corrected chi connectivity index (χ0v) is 12.0. The smallest absolute Gasteiger partial charge is 0.160 e. The minimum atomic E-state index is -0.325. The third-order valence-electron chi connectivity index (χ3n) is 3.18. The summed E-state index contributed by atoms with van der Waals surface area (Å²) in [5, 5.41) is 5.44. The lowest BCUT2D eigenvalue weighted by molar-refractivity contribution is 0.401. The first-order valence-corrected chi connectivity index (χ1v) is 7.06. The molecule has 4 heteroatoms. The van der Waals surface area contributed by atoms with Gasteiger partial charge in [0.1, 0.15) is 16.6 Å². The zero-order chi connectivity index (χ0) is 13.5. The van der Waals surface area contributed by atoms with Crippen LogP contribution >= 0.6 is 11.8 Å². The third-order valence-corrected chi connectivity index (χ3v) is 4.40. The Balaban J connectivity index is 1.84. The van der Waals surface area contributed by atoms with Crippen LogP contribution in [0.1, 0.15) is 29.6 Å². The second-order valence-corrected chi connectivity index (χ2v) is 6.35. The third kappa shape index (κ3) is 2.28. The first kappa shape index (κ1) is 12.4. The quantitative estimate of drug-likeness (QED) is 0.904. The molecule has 1 aliphatic heterocycles. The summed E-state index contributed by atoms with van der Waals surface area (Å²) in [6.07, 6.45) is 0. The van der Waals surface area contributed by atoms with Gasteiger partial charge in [-0.05, 0) is 32.9 Å². The number of rotatable bonds is 2. The topological polar surface area (TPSA) is 37.5 Å². The van der Waals surface area contributed by atoms with Crippen molar-refractivity contribution >= 4 is 16.8 Å². The fourth-order valence-corrected chi connectivity index (χ4v) is 3.05. The van der Waals surface area contributed by atoms with Gasteiger partial charge in [-0.1, -0.05) is 41.6 Å².